The van der Waals surface area contributed by atoms with Gasteiger partial charge < -0.3 is 9.80 Å². The molecular formula is C20H18F3N5O3. The molecule has 3 aromatic rings. The molecule has 1 fully saturated rings. The lowest BCUT2D eigenvalue weighted by atomic mass is 10.2. The predicted molar refractivity (Wildman–Crippen MR) is 107 cm³/mol. The van der Waals surface area contributed by atoms with E-state index < -0.39 is 22.9 Å². The number of fused-ring (bicyclic) bond motifs is 1. The lowest BCUT2D eigenvalue weighted by Crippen LogP contribution is -2.50. The van der Waals surface area contributed by atoms with Crippen LogP contribution in [0, 0.1) is 0 Å². The van der Waals surface area contributed by atoms with Crippen molar-refractivity contribution < 1.29 is 18.0 Å². The van der Waals surface area contributed by atoms with Gasteiger partial charge in [0.05, 0.1) is 16.3 Å². The molecule has 1 N–H and O–H groups in total. The largest absolute Gasteiger partial charge is 0.417 e. The third-order valence-corrected chi connectivity index (χ3v) is 5.21. The van der Waals surface area contributed by atoms with Gasteiger partial charge in [0.1, 0.15) is 12.4 Å². The van der Waals surface area contributed by atoms with E-state index in [4.69, 9.17) is 0 Å². The number of nitrogens with one attached hydrogen (secondary N) is 1. The Labute approximate surface area is 173 Å². The predicted octanol–water partition coefficient (Wildman–Crippen LogP) is 1.45. The van der Waals surface area contributed by atoms with Gasteiger partial charge in [-0.3, -0.25) is 19.5 Å². The number of H-pyrrole nitrogens is 1. The average molecular weight is 433 g/mol. The number of benzene rings is 1. The molecule has 1 aliphatic heterocycles. The number of rotatable bonds is 3. The van der Waals surface area contributed by atoms with Crippen LogP contribution in [0.2, 0.25) is 0 Å². The topological polar surface area (TPSA) is 91.3 Å². The fourth-order valence-electron chi connectivity index (χ4n) is 3.52. The molecule has 162 valence electrons. The number of carbonyl (C=O) groups is 1. The van der Waals surface area contributed by atoms with Crippen molar-refractivity contribution in [2.75, 3.05) is 31.1 Å². The highest BCUT2D eigenvalue weighted by molar-refractivity contribution is 5.81. The Balaban J connectivity index is 1.42. The zero-order valence-electron chi connectivity index (χ0n) is 16.2. The monoisotopic (exact) mass is 433 g/mol. The number of halogens is 3. The normalized spacial score (nSPS) is 14.8. The summed E-state index contributed by atoms with van der Waals surface area (Å²) in [6, 6.07) is 8.64. The molecule has 1 saturated heterocycles. The van der Waals surface area contributed by atoms with Crippen molar-refractivity contribution in [2.45, 2.75) is 12.7 Å². The first kappa shape index (κ1) is 20.6. The first-order valence-corrected chi connectivity index (χ1v) is 9.52. The second-order valence-corrected chi connectivity index (χ2v) is 7.15. The third kappa shape index (κ3) is 4.16. The second-order valence-electron chi connectivity index (χ2n) is 7.15. The van der Waals surface area contributed by atoms with Gasteiger partial charge in [0.2, 0.25) is 5.91 Å². The molecule has 3 heterocycles. The third-order valence-electron chi connectivity index (χ3n) is 5.21. The van der Waals surface area contributed by atoms with Gasteiger partial charge in [-0.1, -0.05) is 12.1 Å². The number of piperazine rings is 1. The maximum atomic E-state index is 12.7. The molecule has 8 nitrogen and oxygen atoms in total. The Morgan fingerprint density at radius 1 is 1.00 bits per heavy atom. The molecule has 0 atom stereocenters. The lowest BCUT2D eigenvalue weighted by molar-refractivity contribution is -0.138. The number of aromatic nitrogens is 3. The van der Waals surface area contributed by atoms with E-state index in [1.807, 2.05) is 0 Å². The number of alkyl halides is 3. The molecule has 0 unspecified atom stereocenters. The van der Waals surface area contributed by atoms with Crippen LogP contribution in [0.3, 0.4) is 0 Å². The van der Waals surface area contributed by atoms with Crippen LogP contribution >= 0.6 is 0 Å². The number of aromatic amines is 1. The van der Waals surface area contributed by atoms with Crippen molar-refractivity contribution in [3.05, 3.63) is 68.9 Å². The van der Waals surface area contributed by atoms with Gasteiger partial charge in [-0.25, -0.2) is 9.67 Å². The summed E-state index contributed by atoms with van der Waals surface area (Å²) in [5.41, 5.74) is -1.74. The molecular weight excluding hydrogens is 415 g/mol. The summed E-state index contributed by atoms with van der Waals surface area (Å²) in [5, 5.41) is 2.92. The molecule has 11 heteroatoms. The van der Waals surface area contributed by atoms with E-state index in [-0.39, 0.29) is 23.2 Å². The summed E-state index contributed by atoms with van der Waals surface area (Å²) in [4.78, 5) is 44.6. The van der Waals surface area contributed by atoms with Gasteiger partial charge in [0.15, 0.2) is 0 Å². The van der Waals surface area contributed by atoms with Crippen molar-refractivity contribution in [3.63, 3.8) is 0 Å². The first-order valence-electron chi connectivity index (χ1n) is 9.52. The fourth-order valence-corrected chi connectivity index (χ4v) is 3.52. The van der Waals surface area contributed by atoms with Gasteiger partial charge in [-0.2, -0.15) is 13.2 Å². The van der Waals surface area contributed by atoms with Crippen molar-refractivity contribution >= 4 is 22.5 Å². The van der Waals surface area contributed by atoms with E-state index in [0.29, 0.717) is 32.0 Å². The molecule has 0 saturated carbocycles. The van der Waals surface area contributed by atoms with Crippen LogP contribution in [-0.2, 0) is 17.5 Å². The number of anilines is 1. The van der Waals surface area contributed by atoms with Gasteiger partial charge in [-0.05, 0) is 24.3 Å². The maximum absolute atomic E-state index is 12.7. The number of carbonyl (C=O) groups excluding carboxylic acids is 1. The van der Waals surface area contributed by atoms with Crippen molar-refractivity contribution in [1.82, 2.24) is 19.7 Å². The van der Waals surface area contributed by atoms with Crippen LogP contribution in [0.1, 0.15) is 5.56 Å². The zero-order chi connectivity index (χ0) is 22.2. The highest BCUT2D eigenvalue weighted by Gasteiger charge is 2.31. The molecule has 0 aliphatic carbocycles. The number of nitrogens with zero attached hydrogens (tertiary/aromatic N) is 4. The summed E-state index contributed by atoms with van der Waals surface area (Å²) < 4.78 is 39.0. The summed E-state index contributed by atoms with van der Waals surface area (Å²) in [7, 11) is 0. The minimum Gasteiger partial charge on any atom is -0.353 e. The van der Waals surface area contributed by atoms with Crippen LogP contribution in [0.4, 0.5) is 19.0 Å². The molecule has 0 spiro atoms. The Hall–Kier alpha value is -3.63. The summed E-state index contributed by atoms with van der Waals surface area (Å²) in [5.74, 6) is 0.0586. The zero-order valence-corrected chi connectivity index (χ0v) is 16.2. The van der Waals surface area contributed by atoms with Gasteiger partial charge in [0.25, 0.3) is 11.1 Å². The van der Waals surface area contributed by atoms with Gasteiger partial charge in [0, 0.05) is 32.4 Å². The minimum atomic E-state index is -4.45. The first-order chi connectivity index (χ1) is 14.7. The molecule has 31 heavy (non-hydrogen) atoms. The minimum absolute atomic E-state index is 0.234. The quantitative estimate of drug-likeness (QED) is 0.675. The Kier molecular flexibility index (Phi) is 5.25. The van der Waals surface area contributed by atoms with Crippen molar-refractivity contribution in [3.8, 4) is 0 Å². The number of pyridine rings is 1. The SMILES string of the molecule is O=C(Cn1[nH]c(=O)c2ccccc2c1=O)N1CCN(c2ccc(C(F)(F)F)cn2)CC1. The lowest BCUT2D eigenvalue weighted by Gasteiger charge is -2.35. The molecule has 2 aromatic heterocycles. The van der Waals surface area contributed by atoms with Crippen LogP contribution < -0.4 is 16.0 Å². The van der Waals surface area contributed by atoms with Crippen LogP contribution in [0.5, 0.6) is 0 Å². The van der Waals surface area contributed by atoms with Gasteiger partial charge in [-0.15, -0.1) is 0 Å². The molecule has 0 bridgehead atoms. The highest BCUT2D eigenvalue weighted by Crippen LogP contribution is 2.29. The van der Waals surface area contributed by atoms with E-state index in [1.54, 1.807) is 21.9 Å². The molecule has 0 radical (unpaired) electrons. The standard InChI is InChI=1S/C20H18F3N5O3/c21-20(22,23)13-5-6-16(24-11-13)26-7-9-27(10-8-26)17(29)12-28-19(31)15-4-2-1-3-14(15)18(30)25-28/h1-6,11H,7-10,12H2,(H,25,30). The average Bonchev–Trinajstić information content (AvgIpc) is 2.77. The maximum Gasteiger partial charge on any atom is 0.417 e. The molecule has 1 amide bonds. The van der Waals surface area contributed by atoms with E-state index in [2.05, 4.69) is 10.1 Å². The fraction of sp³-hybridized carbons (Fsp3) is 0.300. The van der Waals surface area contributed by atoms with Gasteiger partial charge >= 0.3 is 6.18 Å². The van der Waals surface area contributed by atoms with E-state index >= 15 is 0 Å². The van der Waals surface area contributed by atoms with Crippen LogP contribution in [-0.4, -0.2) is 51.8 Å². The Morgan fingerprint density at radius 3 is 2.29 bits per heavy atom. The summed E-state index contributed by atoms with van der Waals surface area (Å²) >= 11 is 0. The van der Waals surface area contributed by atoms with Crippen LogP contribution in [0.25, 0.3) is 10.8 Å². The number of amides is 1. The molecule has 4 rings (SSSR count). The molecule has 1 aliphatic rings. The van der Waals surface area contributed by atoms with E-state index in [0.717, 1.165) is 16.9 Å². The van der Waals surface area contributed by atoms with E-state index in [9.17, 15) is 27.6 Å². The number of hydrogen-bond donors (Lipinski definition) is 1. The second kappa shape index (κ2) is 7.89. The smallest absolute Gasteiger partial charge is 0.353 e. The van der Waals surface area contributed by atoms with E-state index in [1.165, 1.54) is 18.2 Å². The highest BCUT2D eigenvalue weighted by atomic mass is 19.4. The van der Waals surface area contributed by atoms with Crippen LogP contribution in [0.15, 0.2) is 52.2 Å². The van der Waals surface area contributed by atoms with Crippen molar-refractivity contribution in [2.24, 2.45) is 0 Å². The Bertz CT molecular complexity index is 1230. The molecule has 1 aromatic carbocycles. The summed E-state index contributed by atoms with van der Waals surface area (Å²) in [6.07, 6.45) is -3.66. The van der Waals surface area contributed by atoms with Crippen molar-refractivity contribution in [1.29, 1.82) is 0 Å². The summed E-state index contributed by atoms with van der Waals surface area (Å²) in [6.45, 7) is 1.08. The Morgan fingerprint density at radius 2 is 1.68 bits per heavy atom. The number of hydrogen-bond acceptors (Lipinski definition) is 5.